The first-order valence-corrected chi connectivity index (χ1v) is 13.7. The first-order valence-electron chi connectivity index (χ1n) is 13.7. The summed E-state index contributed by atoms with van der Waals surface area (Å²) in [5.74, 6) is 1.59. The molecule has 8 heteroatoms. The van der Waals surface area contributed by atoms with Crippen LogP contribution >= 0.6 is 0 Å². The lowest BCUT2D eigenvalue weighted by molar-refractivity contribution is 0.0576. The van der Waals surface area contributed by atoms with Crippen LogP contribution in [-0.4, -0.2) is 39.1 Å². The van der Waals surface area contributed by atoms with Crippen molar-refractivity contribution in [2.75, 3.05) is 12.0 Å². The Morgan fingerprint density at radius 2 is 1.83 bits per heavy atom. The van der Waals surface area contributed by atoms with Crippen molar-refractivity contribution in [1.82, 2.24) is 14.5 Å². The average Bonchev–Trinajstić information content (AvgIpc) is 3.35. The van der Waals surface area contributed by atoms with Crippen molar-refractivity contribution in [3.8, 4) is 5.75 Å². The van der Waals surface area contributed by atoms with Gasteiger partial charge in [0.05, 0.1) is 31.2 Å². The van der Waals surface area contributed by atoms with Gasteiger partial charge < -0.3 is 14.0 Å². The molecule has 0 bridgehead atoms. The van der Waals surface area contributed by atoms with Crippen molar-refractivity contribution in [2.45, 2.75) is 45.8 Å². The maximum atomic E-state index is 13.7. The van der Waals surface area contributed by atoms with E-state index >= 15 is 0 Å². The van der Waals surface area contributed by atoms with Crippen molar-refractivity contribution in [2.24, 2.45) is 12.0 Å². The van der Waals surface area contributed by atoms with Crippen LogP contribution in [0.1, 0.15) is 44.7 Å². The standard InChI is InChI=1S/C33H35N5O3/c1-33(2,3)41-32(39)38(21-23-16-18-26(40-5)19-17-23)31-30-27(37(4)22-34-30)20-28(36-31)35-29(24-12-8-6-9-13-24)25-14-10-7-11-15-25/h6,8-10,12-20,22H,7,11,21H2,1-5H3. The molecule has 1 amide bonds. The van der Waals surface area contributed by atoms with Crippen molar-refractivity contribution < 1.29 is 14.3 Å². The number of nitrogens with zero attached hydrogens (tertiary/aromatic N) is 5. The summed E-state index contributed by atoms with van der Waals surface area (Å²) >= 11 is 0. The van der Waals surface area contributed by atoms with Gasteiger partial charge in [0.15, 0.2) is 11.6 Å². The molecule has 0 spiro atoms. The number of amides is 1. The Labute approximate surface area is 240 Å². The summed E-state index contributed by atoms with van der Waals surface area (Å²) in [6.45, 7) is 5.76. The van der Waals surface area contributed by atoms with E-state index in [2.05, 4.69) is 23.2 Å². The van der Waals surface area contributed by atoms with Gasteiger partial charge in [0.1, 0.15) is 16.9 Å². The molecule has 0 radical (unpaired) electrons. The number of carbonyl (C=O) groups is 1. The van der Waals surface area contributed by atoms with Gasteiger partial charge in [-0.3, -0.25) is 4.90 Å². The molecule has 2 aromatic heterocycles. The Bertz CT molecular complexity index is 1630. The first kappa shape index (κ1) is 27.8. The van der Waals surface area contributed by atoms with Crippen molar-refractivity contribution in [1.29, 1.82) is 0 Å². The second-order valence-corrected chi connectivity index (χ2v) is 10.9. The van der Waals surface area contributed by atoms with Gasteiger partial charge >= 0.3 is 6.09 Å². The van der Waals surface area contributed by atoms with Crippen LogP contribution in [0.4, 0.5) is 16.4 Å². The van der Waals surface area contributed by atoms with Gasteiger partial charge in [-0.1, -0.05) is 60.7 Å². The summed E-state index contributed by atoms with van der Waals surface area (Å²) in [5.41, 5.74) is 4.43. The van der Waals surface area contributed by atoms with E-state index in [0.717, 1.165) is 46.5 Å². The van der Waals surface area contributed by atoms with Crippen molar-refractivity contribution in [3.63, 3.8) is 0 Å². The molecule has 0 fully saturated rings. The van der Waals surface area contributed by atoms with E-state index in [1.54, 1.807) is 13.4 Å². The Morgan fingerprint density at radius 3 is 2.49 bits per heavy atom. The summed E-state index contributed by atoms with van der Waals surface area (Å²) in [6, 6.07) is 19.6. The molecule has 1 aliphatic carbocycles. The van der Waals surface area contributed by atoms with Crippen LogP contribution < -0.4 is 9.64 Å². The number of benzene rings is 2. The Kier molecular flexibility index (Phi) is 8.01. The first-order chi connectivity index (χ1) is 19.7. The minimum atomic E-state index is -0.700. The zero-order valence-corrected chi connectivity index (χ0v) is 24.2. The smallest absolute Gasteiger partial charge is 0.416 e. The molecule has 5 rings (SSSR count). The molecule has 4 aromatic rings. The van der Waals surface area contributed by atoms with Gasteiger partial charge in [-0.15, -0.1) is 0 Å². The Balaban J connectivity index is 1.67. The predicted octanol–water partition coefficient (Wildman–Crippen LogP) is 7.32. The zero-order valence-electron chi connectivity index (χ0n) is 24.2. The second-order valence-electron chi connectivity index (χ2n) is 10.9. The van der Waals surface area contributed by atoms with Crippen molar-refractivity contribution in [3.05, 3.63) is 102 Å². The highest BCUT2D eigenvalue weighted by molar-refractivity contribution is 6.15. The molecule has 0 atom stereocenters. The number of anilines is 1. The zero-order chi connectivity index (χ0) is 29.0. The molecule has 0 aliphatic heterocycles. The lowest BCUT2D eigenvalue weighted by Crippen LogP contribution is -2.37. The number of rotatable bonds is 7. The topological polar surface area (TPSA) is 81.8 Å². The Morgan fingerprint density at radius 1 is 1.07 bits per heavy atom. The highest BCUT2D eigenvalue weighted by Gasteiger charge is 2.28. The number of imidazole rings is 1. The van der Waals surface area contributed by atoms with Gasteiger partial charge in [-0.25, -0.2) is 19.8 Å². The van der Waals surface area contributed by atoms with Gasteiger partial charge in [0.25, 0.3) is 0 Å². The molecule has 2 aromatic carbocycles. The van der Waals surface area contributed by atoms with E-state index in [-0.39, 0.29) is 6.54 Å². The number of methoxy groups -OCH3 is 1. The molecule has 8 nitrogen and oxygen atoms in total. The second kappa shape index (κ2) is 11.8. The number of aryl methyl sites for hydroxylation is 1. The van der Waals surface area contributed by atoms with Gasteiger partial charge in [0.2, 0.25) is 0 Å². The van der Waals surface area contributed by atoms with Crippen LogP contribution in [0.15, 0.2) is 95.8 Å². The Hall–Kier alpha value is -4.72. The molecular weight excluding hydrogens is 514 g/mol. The number of fused-ring (bicyclic) bond motifs is 1. The van der Waals surface area contributed by atoms with E-state index in [1.807, 2.05) is 93.0 Å². The third kappa shape index (κ3) is 6.54. The highest BCUT2D eigenvalue weighted by Crippen LogP contribution is 2.31. The quantitative estimate of drug-likeness (QED) is 0.226. The maximum Gasteiger partial charge on any atom is 0.416 e. The molecule has 0 saturated carbocycles. The normalized spacial score (nSPS) is 13.7. The molecule has 1 aliphatic rings. The third-order valence-corrected chi connectivity index (χ3v) is 6.59. The van der Waals surface area contributed by atoms with Crippen LogP contribution in [-0.2, 0) is 18.3 Å². The summed E-state index contributed by atoms with van der Waals surface area (Å²) in [6.07, 6.45) is 9.62. The number of hydrogen-bond donors (Lipinski definition) is 0. The fourth-order valence-corrected chi connectivity index (χ4v) is 4.60. The number of allylic oxidation sites excluding steroid dienone is 4. The van der Waals surface area contributed by atoms with Crippen molar-refractivity contribution >= 4 is 34.5 Å². The maximum absolute atomic E-state index is 13.7. The number of hydrogen-bond acceptors (Lipinski definition) is 6. The monoisotopic (exact) mass is 549 g/mol. The molecular formula is C33H35N5O3. The number of carbonyl (C=O) groups excluding carboxylic acids is 1. The molecule has 2 heterocycles. The van der Waals surface area contributed by atoms with Crippen LogP contribution in [0.25, 0.3) is 11.0 Å². The lowest BCUT2D eigenvalue weighted by atomic mass is 9.97. The number of pyridine rings is 1. The minimum Gasteiger partial charge on any atom is -0.497 e. The largest absolute Gasteiger partial charge is 0.497 e. The number of aliphatic imine (C=N–C) groups is 1. The molecule has 210 valence electrons. The summed E-state index contributed by atoms with van der Waals surface area (Å²) in [4.78, 5) is 29.9. The van der Waals surface area contributed by atoms with Gasteiger partial charge in [0, 0.05) is 18.7 Å². The SMILES string of the molecule is COc1ccc(CN(C(=O)OC(C)(C)C)c2nc(N=C(C3=CCCC=C3)c3ccccc3)cc3c2ncn3C)cc1. The van der Waals surface area contributed by atoms with E-state index in [4.69, 9.17) is 19.5 Å². The fourth-order valence-electron chi connectivity index (χ4n) is 4.60. The lowest BCUT2D eigenvalue weighted by Gasteiger charge is -2.27. The third-order valence-electron chi connectivity index (χ3n) is 6.59. The fraction of sp³-hybridized carbons (Fsp3) is 0.273. The molecule has 0 N–H and O–H groups in total. The van der Waals surface area contributed by atoms with Gasteiger partial charge in [-0.05, 0) is 56.9 Å². The summed E-state index contributed by atoms with van der Waals surface area (Å²) in [7, 11) is 3.54. The van der Waals surface area contributed by atoms with E-state index in [9.17, 15) is 4.79 Å². The highest BCUT2D eigenvalue weighted by atomic mass is 16.6. The molecule has 0 saturated heterocycles. The number of aromatic nitrogens is 3. The number of ether oxygens (including phenoxy) is 2. The van der Waals surface area contributed by atoms with Crippen LogP contribution in [0, 0.1) is 0 Å². The van der Waals surface area contributed by atoms with Crippen LogP contribution in [0.3, 0.4) is 0 Å². The van der Waals surface area contributed by atoms with E-state index in [1.165, 1.54) is 4.90 Å². The van der Waals surface area contributed by atoms with E-state index < -0.39 is 11.7 Å². The van der Waals surface area contributed by atoms with Crippen LogP contribution in [0.2, 0.25) is 0 Å². The summed E-state index contributed by atoms with van der Waals surface area (Å²) < 4.78 is 13.1. The summed E-state index contributed by atoms with van der Waals surface area (Å²) in [5, 5.41) is 0. The van der Waals surface area contributed by atoms with Gasteiger partial charge in [-0.2, -0.15) is 0 Å². The average molecular weight is 550 g/mol. The molecule has 0 unspecified atom stereocenters. The molecule has 41 heavy (non-hydrogen) atoms. The predicted molar refractivity (Wildman–Crippen MR) is 163 cm³/mol. The van der Waals surface area contributed by atoms with Crippen LogP contribution in [0.5, 0.6) is 5.75 Å². The minimum absolute atomic E-state index is 0.226. The van der Waals surface area contributed by atoms with E-state index in [0.29, 0.717) is 17.2 Å².